The van der Waals surface area contributed by atoms with Crippen LogP contribution in [0.4, 0.5) is 0 Å². The maximum atomic E-state index is 5.44. The van der Waals surface area contributed by atoms with Gasteiger partial charge in [-0.3, -0.25) is 4.98 Å². The maximum absolute atomic E-state index is 5.44. The third-order valence-corrected chi connectivity index (χ3v) is 2.05. The van der Waals surface area contributed by atoms with E-state index in [1.165, 1.54) is 0 Å². The second-order valence-electron chi connectivity index (χ2n) is 3.00. The fraction of sp³-hybridized carbons (Fsp3) is 0.300. The highest BCUT2D eigenvalue weighted by molar-refractivity contribution is 5.75. The molecule has 0 saturated carbocycles. The number of hydrogen-bond acceptors (Lipinski definition) is 3. The van der Waals surface area contributed by atoms with E-state index < -0.39 is 0 Å². The van der Waals surface area contributed by atoms with Crippen molar-refractivity contribution in [1.29, 1.82) is 0 Å². The van der Waals surface area contributed by atoms with Crippen molar-refractivity contribution in [3.63, 3.8) is 0 Å². The SMILES string of the molecule is NCCCc1coc2cccnc12. The van der Waals surface area contributed by atoms with Gasteiger partial charge < -0.3 is 10.2 Å². The number of fused-ring (bicyclic) bond motifs is 1. The first kappa shape index (κ1) is 8.26. The number of pyridine rings is 1. The molecule has 68 valence electrons. The molecule has 2 rings (SSSR count). The highest BCUT2D eigenvalue weighted by Gasteiger charge is 2.04. The largest absolute Gasteiger partial charge is 0.462 e. The van der Waals surface area contributed by atoms with Crippen molar-refractivity contribution in [2.45, 2.75) is 12.8 Å². The molecule has 3 heteroatoms. The molecule has 0 bridgehead atoms. The fourth-order valence-corrected chi connectivity index (χ4v) is 1.39. The van der Waals surface area contributed by atoms with Crippen molar-refractivity contribution in [1.82, 2.24) is 4.98 Å². The van der Waals surface area contributed by atoms with Crippen LogP contribution in [0.3, 0.4) is 0 Å². The zero-order chi connectivity index (χ0) is 9.10. The molecule has 0 aliphatic heterocycles. The number of aryl methyl sites for hydroxylation is 1. The van der Waals surface area contributed by atoms with E-state index >= 15 is 0 Å². The van der Waals surface area contributed by atoms with Crippen LogP contribution >= 0.6 is 0 Å². The van der Waals surface area contributed by atoms with Crippen LogP contribution in [0.2, 0.25) is 0 Å². The van der Waals surface area contributed by atoms with Gasteiger partial charge in [0, 0.05) is 11.8 Å². The molecule has 0 radical (unpaired) electrons. The van der Waals surface area contributed by atoms with Gasteiger partial charge in [-0.05, 0) is 31.5 Å². The minimum Gasteiger partial charge on any atom is -0.462 e. The summed E-state index contributed by atoms with van der Waals surface area (Å²) in [4.78, 5) is 4.26. The molecule has 0 atom stereocenters. The van der Waals surface area contributed by atoms with Gasteiger partial charge in [-0.25, -0.2) is 0 Å². The van der Waals surface area contributed by atoms with Crippen LogP contribution in [0.1, 0.15) is 12.0 Å². The molecule has 13 heavy (non-hydrogen) atoms. The third kappa shape index (κ3) is 1.55. The monoisotopic (exact) mass is 176 g/mol. The second kappa shape index (κ2) is 3.58. The number of aromatic nitrogens is 1. The summed E-state index contributed by atoms with van der Waals surface area (Å²) in [5.74, 6) is 0. The summed E-state index contributed by atoms with van der Waals surface area (Å²) in [5.41, 5.74) is 8.42. The van der Waals surface area contributed by atoms with E-state index in [1.807, 2.05) is 12.1 Å². The van der Waals surface area contributed by atoms with E-state index in [0.717, 1.165) is 29.5 Å². The topological polar surface area (TPSA) is 52.0 Å². The normalized spacial score (nSPS) is 10.8. The van der Waals surface area contributed by atoms with Crippen molar-refractivity contribution in [2.75, 3.05) is 6.54 Å². The molecule has 0 saturated heterocycles. The molecule has 0 amide bonds. The van der Waals surface area contributed by atoms with Gasteiger partial charge in [0.2, 0.25) is 0 Å². The van der Waals surface area contributed by atoms with E-state index in [2.05, 4.69) is 4.98 Å². The minimum absolute atomic E-state index is 0.708. The zero-order valence-electron chi connectivity index (χ0n) is 7.36. The average Bonchev–Trinajstić information content (AvgIpc) is 2.58. The van der Waals surface area contributed by atoms with E-state index in [-0.39, 0.29) is 0 Å². The van der Waals surface area contributed by atoms with Crippen LogP contribution < -0.4 is 5.73 Å². The first-order valence-corrected chi connectivity index (χ1v) is 4.43. The Morgan fingerprint density at radius 2 is 2.38 bits per heavy atom. The first-order chi connectivity index (χ1) is 6.42. The Hall–Kier alpha value is -1.35. The Kier molecular flexibility index (Phi) is 2.27. The summed E-state index contributed by atoms with van der Waals surface area (Å²) in [6.07, 6.45) is 5.48. The van der Waals surface area contributed by atoms with Gasteiger partial charge in [-0.1, -0.05) is 0 Å². The van der Waals surface area contributed by atoms with Crippen LogP contribution in [0.15, 0.2) is 29.0 Å². The smallest absolute Gasteiger partial charge is 0.152 e. The van der Waals surface area contributed by atoms with Crippen LogP contribution in [0.5, 0.6) is 0 Å². The Balaban J connectivity index is 2.35. The Labute approximate surface area is 76.6 Å². The highest BCUT2D eigenvalue weighted by atomic mass is 16.3. The zero-order valence-corrected chi connectivity index (χ0v) is 7.36. The first-order valence-electron chi connectivity index (χ1n) is 4.43. The molecular formula is C10H12N2O. The van der Waals surface area contributed by atoms with Gasteiger partial charge in [0.25, 0.3) is 0 Å². The summed E-state index contributed by atoms with van der Waals surface area (Å²) in [7, 11) is 0. The summed E-state index contributed by atoms with van der Waals surface area (Å²) in [6, 6.07) is 3.80. The molecule has 0 spiro atoms. The predicted molar refractivity (Wildman–Crippen MR) is 51.4 cm³/mol. The minimum atomic E-state index is 0.708. The van der Waals surface area contributed by atoms with E-state index in [4.69, 9.17) is 10.2 Å². The molecule has 0 aliphatic rings. The molecular weight excluding hydrogens is 164 g/mol. The lowest BCUT2D eigenvalue weighted by Crippen LogP contribution is -1.99. The molecule has 0 aromatic carbocycles. The number of nitrogens with zero attached hydrogens (tertiary/aromatic N) is 1. The second-order valence-corrected chi connectivity index (χ2v) is 3.00. The fourth-order valence-electron chi connectivity index (χ4n) is 1.39. The van der Waals surface area contributed by atoms with Gasteiger partial charge in [0.05, 0.1) is 6.26 Å². The average molecular weight is 176 g/mol. The summed E-state index contributed by atoms with van der Waals surface area (Å²) in [6.45, 7) is 0.708. The van der Waals surface area contributed by atoms with Crippen molar-refractivity contribution in [3.05, 3.63) is 30.2 Å². The van der Waals surface area contributed by atoms with Crippen LogP contribution in [0.25, 0.3) is 11.1 Å². The van der Waals surface area contributed by atoms with Crippen LogP contribution in [0, 0.1) is 0 Å². The quantitative estimate of drug-likeness (QED) is 0.774. The van der Waals surface area contributed by atoms with Gasteiger partial charge in [-0.15, -0.1) is 0 Å². The number of hydrogen-bond donors (Lipinski definition) is 1. The van der Waals surface area contributed by atoms with Crippen molar-refractivity contribution < 1.29 is 4.42 Å². The number of rotatable bonds is 3. The van der Waals surface area contributed by atoms with E-state index in [1.54, 1.807) is 12.5 Å². The number of nitrogens with two attached hydrogens (primary N) is 1. The Morgan fingerprint density at radius 1 is 1.46 bits per heavy atom. The van der Waals surface area contributed by atoms with Crippen LogP contribution in [-0.2, 0) is 6.42 Å². The van der Waals surface area contributed by atoms with E-state index in [0.29, 0.717) is 6.54 Å². The third-order valence-electron chi connectivity index (χ3n) is 2.05. The molecule has 2 N–H and O–H groups in total. The van der Waals surface area contributed by atoms with Crippen molar-refractivity contribution >= 4 is 11.1 Å². The number of furan rings is 1. The Bertz CT molecular complexity index is 394. The molecule has 0 fully saturated rings. The lowest BCUT2D eigenvalue weighted by Gasteiger charge is -1.93. The maximum Gasteiger partial charge on any atom is 0.152 e. The molecule has 2 heterocycles. The molecule has 0 unspecified atom stereocenters. The molecule has 3 nitrogen and oxygen atoms in total. The molecule has 0 aliphatic carbocycles. The highest BCUT2D eigenvalue weighted by Crippen LogP contribution is 2.18. The van der Waals surface area contributed by atoms with Gasteiger partial charge in [0.1, 0.15) is 5.52 Å². The van der Waals surface area contributed by atoms with Crippen molar-refractivity contribution in [3.8, 4) is 0 Å². The standard InChI is InChI=1S/C10H12N2O/c11-5-1-3-8-7-13-9-4-2-6-12-10(8)9/h2,4,6-7H,1,3,5,11H2. The predicted octanol–water partition coefficient (Wildman–Crippen LogP) is 1.72. The van der Waals surface area contributed by atoms with Gasteiger partial charge in [-0.2, -0.15) is 0 Å². The lowest BCUT2D eigenvalue weighted by atomic mass is 10.1. The lowest BCUT2D eigenvalue weighted by molar-refractivity contribution is 0.608. The summed E-state index contributed by atoms with van der Waals surface area (Å²) < 4.78 is 5.34. The summed E-state index contributed by atoms with van der Waals surface area (Å²) in [5, 5.41) is 0. The molecule has 2 aromatic rings. The molecule has 2 aromatic heterocycles. The van der Waals surface area contributed by atoms with Gasteiger partial charge >= 0.3 is 0 Å². The van der Waals surface area contributed by atoms with Gasteiger partial charge in [0.15, 0.2) is 5.58 Å². The van der Waals surface area contributed by atoms with Crippen molar-refractivity contribution in [2.24, 2.45) is 5.73 Å². The van der Waals surface area contributed by atoms with E-state index in [9.17, 15) is 0 Å². The Morgan fingerprint density at radius 3 is 3.23 bits per heavy atom. The van der Waals surface area contributed by atoms with Crippen LogP contribution in [-0.4, -0.2) is 11.5 Å². The summed E-state index contributed by atoms with van der Waals surface area (Å²) >= 11 is 0.